The Bertz CT molecular complexity index is 892. The summed E-state index contributed by atoms with van der Waals surface area (Å²) in [6, 6.07) is 13.3. The summed E-state index contributed by atoms with van der Waals surface area (Å²) in [6.45, 7) is 2.05. The van der Waals surface area contributed by atoms with Crippen molar-refractivity contribution in [1.29, 1.82) is 0 Å². The van der Waals surface area contributed by atoms with Crippen LogP contribution in [0.3, 0.4) is 0 Å². The molecule has 0 aliphatic carbocycles. The molecule has 2 aromatic carbocycles. The van der Waals surface area contributed by atoms with Crippen molar-refractivity contribution in [1.82, 2.24) is 5.32 Å². The number of rotatable bonds is 5. The molecule has 1 heterocycles. The minimum absolute atomic E-state index is 0.194. The minimum atomic E-state index is -0.194. The zero-order valence-corrected chi connectivity index (χ0v) is 15.7. The monoisotopic (exact) mass is 368 g/mol. The Hall–Kier alpha value is -2.86. The molecule has 3 rings (SSSR count). The number of ether oxygens (including phenoxy) is 2. The summed E-state index contributed by atoms with van der Waals surface area (Å²) in [5.74, 6) is 0.972. The maximum Gasteiger partial charge on any atom is 0.281 e. The van der Waals surface area contributed by atoms with Gasteiger partial charge in [0.2, 0.25) is 0 Å². The molecule has 1 saturated heterocycles. The summed E-state index contributed by atoms with van der Waals surface area (Å²) in [6.07, 6.45) is 2.54. The maximum absolute atomic E-state index is 13.0. The molecular formula is C20H20N2O3S. The molecule has 1 amide bonds. The highest BCUT2D eigenvalue weighted by molar-refractivity contribution is 7.80. The smallest absolute Gasteiger partial charge is 0.281 e. The van der Waals surface area contributed by atoms with Crippen molar-refractivity contribution in [3.05, 3.63) is 59.3 Å². The summed E-state index contributed by atoms with van der Waals surface area (Å²) >= 11 is 5.41. The predicted octanol–water partition coefficient (Wildman–Crippen LogP) is 3.53. The van der Waals surface area contributed by atoms with Crippen LogP contribution < -0.4 is 19.7 Å². The van der Waals surface area contributed by atoms with Gasteiger partial charge in [0.05, 0.1) is 19.9 Å². The SMILES string of the molecule is CCc1ccccc1N1C(=O)/C(=C\c2cccc(OC)c2OC)NC1=S. The second-order valence-electron chi connectivity index (χ2n) is 5.69. The van der Waals surface area contributed by atoms with E-state index in [9.17, 15) is 4.79 Å². The number of benzene rings is 2. The molecule has 1 aliphatic rings. The quantitative estimate of drug-likeness (QED) is 0.646. The molecule has 26 heavy (non-hydrogen) atoms. The van der Waals surface area contributed by atoms with E-state index < -0.39 is 0 Å². The lowest BCUT2D eigenvalue weighted by atomic mass is 10.1. The number of anilines is 1. The number of hydrogen-bond donors (Lipinski definition) is 1. The third-order valence-corrected chi connectivity index (χ3v) is 4.51. The Morgan fingerprint density at radius 1 is 1.12 bits per heavy atom. The lowest BCUT2D eigenvalue weighted by Gasteiger charge is -2.17. The average Bonchev–Trinajstić information content (AvgIpc) is 2.94. The van der Waals surface area contributed by atoms with E-state index in [1.165, 1.54) is 4.90 Å². The first-order valence-corrected chi connectivity index (χ1v) is 8.67. The number of para-hydroxylation sites is 2. The van der Waals surface area contributed by atoms with Crippen LogP contribution >= 0.6 is 12.2 Å². The lowest BCUT2D eigenvalue weighted by Crippen LogP contribution is -2.31. The fourth-order valence-electron chi connectivity index (χ4n) is 2.96. The van der Waals surface area contributed by atoms with Gasteiger partial charge in [0.15, 0.2) is 16.6 Å². The van der Waals surface area contributed by atoms with Crippen molar-refractivity contribution in [2.24, 2.45) is 0 Å². The second-order valence-corrected chi connectivity index (χ2v) is 6.08. The van der Waals surface area contributed by atoms with Gasteiger partial charge < -0.3 is 14.8 Å². The third kappa shape index (κ3) is 3.15. The van der Waals surface area contributed by atoms with Crippen molar-refractivity contribution in [2.45, 2.75) is 13.3 Å². The van der Waals surface area contributed by atoms with E-state index in [-0.39, 0.29) is 5.91 Å². The molecule has 2 aromatic rings. The molecule has 0 unspecified atom stereocenters. The third-order valence-electron chi connectivity index (χ3n) is 4.22. The molecule has 134 valence electrons. The zero-order chi connectivity index (χ0) is 18.7. The summed E-state index contributed by atoms with van der Waals surface area (Å²) in [4.78, 5) is 14.5. The van der Waals surface area contributed by atoms with Crippen molar-refractivity contribution in [3.8, 4) is 11.5 Å². The van der Waals surface area contributed by atoms with E-state index >= 15 is 0 Å². The lowest BCUT2D eigenvalue weighted by molar-refractivity contribution is -0.113. The van der Waals surface area contributed by atoms with E-state index in [0.717, 1.165) is 23.2 Å². The van der Waals surface area contributed by atoms with Gasteiger partial charge in [0.25, 0.3) is 5.91 Å². The van der Waals surface area contributed by atoms with Gasteiger partial charge in [-0.25, -0.2) is 0 Å². The molecule has 1 N–H and O–H groups in total. The van der Waals surface area contributed by atoms with Gasteiger partial charge in [-0.1, -0.05) is 37.3 Å². The van der Waals surface area contributed by atoms with Crippen molar-refractivity contribution in [2.75, 3.05) is 19.1 Å². The summed E-state index contributed by atoms with van der Waals surface area (Å²) in [5.41, 5.74) is 2.99. The van der Waals surface area contributed by atoms with Crippen LogP contribution in [0.1, 0.15) is 18.1 Å². The largest absolute Gasteiger partial charge is 0.493 e. The first kappa shape index (κ1) is 17.9. The second kappa shape index (κ2) is 7.58. The van der Waals surface area contributed by atoms with Gasteiger partial charge in [-0.2, -0.15) is 0 Å². The summed E-state index contributed by atoms with van der Waals surface area (Å²) in [5, 5.41) is 3.38. The number of carbonyl (C=O) groups is 1. The van der Waals surface area contributed by atoms with Gasteiger partial charge in [-0.05, 0) is 42.4 Å². The first-order chi connectivity index (χ1) is 12.6. The minimum Gasteiger partial charge on any atom is -0.493 e. The van der Waals surface area contributed by atoms with Crippen molar-refractivity contribution >= 4 is 35.0 Å². The van der Waals surface area contributed by atoms with Gasteiger partial charge in [0.1, 0.15) is 5.70 Å². The molecule has 0 aromatic heterocycles. The fraction of sp³-hybridized carbons (Fsp3) is 0.200. The highest BCUT2D eigenvalue weighted by Gasteiger charge is 2.33. The number of hydrogen-bond acceptors (Lipinski definition) is 4. The number of nitrogens with one attached hydrogen (secondary N) is 1. The Kier molecular flexibility index (Phi) is 5.23. The molecule has 6 heteroatoms. The fourth-order valence-corrected chi connectivity index (χ4v) is 3.25. The normalized spacial score (nSPS) is 15.3. The van der Waals surface area contributed by atoms with E-state index in [4.69, 9.17) is 21.7 Å². The van der Waals surface area contributed by atoms with Gasteiger partial charge in [-0.15, -0.1) is 0 Å². The first-order valence-electron chi connectivity index (χ1n) is 8.26. The van der Waals surface area contributed by atoms with Crippen LogP contribution in [0.4, 0.5) is 5.69 Å². The summed E-state index contributed by atoms with van der Waals surface area (Å²) in [7, 11) is 3.14. The number of amides is 1. The number of nitrogens with zero attached hydrogens (tertiary/aromatic N) is 1. The van der Waals surface area contributed by atoms with Gasteiger partial charge in [0, 0.05) is 5.56 Å². The molecule has 0 radical (unpaired) electrons. The topological polar surface area (TPSA) is 50.8 Å². The number of thiocarbonyl (C=S) groups is 1. The van der Waals surface area contributed by atoms with Crippen LogP contribution in [-0.2, 0) is 11.2 Å². The molecule has 0 atom stereocenters. The number of aryl methyl sites for hydroxylation is 1. The predicted molar refractivity (Wildman–Crippen MR) is 107 cm³/mol. The molecule has 0 bridgehead atoms. The van der Waals surface area contributed by atoms with Crippen LogP contribution in [0.5, 0.6) is 11.5 Å². The van der Waals surface area contributed by atoms with Gasteiger partial charge >= 0.3 is 0 Å². The molecular weight excluding hydrogens is 348 g/mol. The van der Waals surface area contributed by atoms with Crippen LogP contribution in [-0.4, -0.2) is 25.2 Å². The Morgan fingerprint density at radius 2 is 1.88 bits per heavy atom. The van der Waals surface area contributed by atoms with Crippen LogP contribution in [0.25, 0.3) is 6.08 Å². The number of carbonyl (C=O) groups excluding carboxylic acids is 1. The van der Waals surface area contributed by atoms with Crippen LogP contribution in [0, 0.1) is 0 Å². The van der Waals surface area contributed by atoms with Crippen molar-refractivity contribution in [3.63, 3.8) is 0 Å². The molecule has 0 spiro atoms. The molecule has 1 fully saturated rings. The zero-order valence-electron chi connectivity index (χ0n) is 14.9. The molecule has 0 saturated carbocycles. The molecule has 5 nitrogen and oxygen atoms in total. The Labute approximate surface area is 158 Å². The Balaban J connectivity index is 2.01. The molecule has 1 aliphatic heterocycles. The standard InChI is InChI=1S/C20H20N2O3S/c1-4-13-8-5-6-10-16(13)22-19(23)15(21-20(22)26)12-14-9-7-11-17(24-2)18(14)25-3/h5-12H,4H2,1-3H3,(H,21,26)/b15-12+. The van der Waals surface area contributed by atoms with E-state index in [1.54, 1.807) is 26.4 Å². The van der Waals surface area contributed by atoms with E-state index in [1.807, 2.05) is 43.3 Å². The van der Waals surface area contributed by atoms with Crippen LogP contribution in [0.2, 0.25) is 0 Å². The summed E-state index contributed by atoms with van der Waals surface area (Å²) < 4.78 is 10.7. The van der Waals surface area contributed by atoms with Crippen molar-refractivity contribution < 1.29 is 14.3 Å². The maximum atomic E-state index is 13.0. The van der Waals surface area contributed by atoms with Crippen LogP contribution in [0.15, 0.2) is 48.2 Å². The van der Waals surface area contributed by atoms with Gasteiger partial charge in [-0.3, -0.25) is 9.69 Å². The van der Waals surface area contributed by atoms with E-state index in [0.29, 0.717) is 22.3 Å². The number of methoxy groups -OCH3 is 2. The highest BCUT2D eigenvalue weighted by atomic mass is 32.1. The Morgan fingerprint density at radius 3 is 2.58 bits per heavy atom. The highest BCUT2D eigenvalue weighted by Crippen LogP contribution is 2.33. The van der Waals surface area contributed by atoms with E-state index in [2.05, 4.69) is 5.32 Å². The average molecular weight is 368 g/mol.